The molecule has 60 valence electrons. The van der Waals surface area contributed by atoms with Gasteiger partial charge in [0.05, 0.1) is 0 Å². The molecule has 0 atom stereocenters. The largest absolute Gasteiger partial charge is 0.368 e. The van der Waals surface area contributed by atoms with Crippen molar-refractivity contribution in [3.8, 4) is 0 Å². The Morgan fingerprint density at radius 3 is 2.10 bits per heavy atom. The molecule has 1 aliphatic heterocycles. The van der Waals surface area contributed by atoms with Gasteiger partial charge in [0, 0.05) is 19.0 Å². The Morgan fingerprint density at radius 1 is 1.20 bits per heavy atom. The minimum Gasteiger partial charge on any atom is -0.368 e. The second-order valence-electron chi connectivity index (χ2n) is 2.70. The summed E-state index contributed by atoms with van der Waals surface area (Å²) in [6.07, 6.45) is 0.108. The third kappa shape index (κ3) is 1.91. The number of rotatable bonds is 1. The molecule has 0 spiro atoms. The maximum atomic E-state index is 8.88. The minimum absolute atomic E-state index is 0.0524. The molecule has 0 aromatic carbocycles. The summed E-state index contributed by atoms with van der Waals surface area (Å²) in [7, 11) is 0. The van der Waals surface area contributed by atoms with Crippen LogP contribution in [0.3, 0.4) is 0 Å². The molecule has 3 N–H and O–H groups in total. The summed E-state index contributed by atoms with van der Waals surface area (Å²) in [5, 5.41) is 27.5. The molecule has 4 heteroatoms. The van der Waals surface area contributed by atoms with Crippen LogP contribution in [0.5, 0.6) is 0 Å². The number of aliphatic hydroxyl groups excluding tert-OH is 1. The molecule has 1 saturated heterocycles. The summed E-state index contributed by atoms with van der Waals surface area (Å²) in [6.45, 7) is 1.09. The highest BCUT2D eigenvalue weighted by molar-refractivity contribution is 4.68. The number of hydroxylamine groups is 2. The molecule has 10 heavy (non-hydrogen) atoms. The van der Waals surface area contributed by atoms with Gasteiger partial charge in [0.2, 0.25) is 0 Å². The summed E-state index contributed by atoms with van der Waals surface area (Å²) < 4.78 is 0. The lowest BCUT2D eigenvalue weighted by molar-refractivity contribution is -0.150. The smallest absolute Gasteiger partial charge is 0.154 e. The molecule has 0 amide bonds. The Labute approximate surface area is 59.7 Å². The molecule has 0 aliphatic carbocycles. The third-order valence-corrected chi connectivity index (χ3v) is 1.94. The normalized spacial score (nSPS) is 24.0. The van der Waals surface area contributed by atoms with E-state index in [0.29, 0.717) is 25.9 Å². The fourth-order valence-corrected chi connectivity index (χ4v) is 1.18. The van der Waals surface area contributed by atoms with Gasteiger partial charge >= 0.3 is 0 Å². The zero-order chi connectivity index (χ0) is 7.56. The fourth-order valence-electron chi connectivity index (χ4n) is 1.18. The van der Waals surface area contributed by atoms with E-state index < -0.39 is 6.29 Å². The standard InChI is InChI=1S/C6H13NO3/c8-6(9)5-1-3-7(10)4-2-5/h5-6,8-10H,1-4H2. The van der Waals surface area contributed by atoms with Gasteiger partial charge in [-0.25, -0.2) is 0 Å². The number of hydrogen-bond acceptors (Lipinski definition) is 4. The highest BCUT2D eigenvalue weighted by Gasteiger charge is 2.22. The predicted molar refractivity (Wildman–Crippen MR) is 34.3 cm³/mol. The molecule has 1 rings (SSSR count). The van der Waals surface area contributed by atoms with E-state index in [0.717, 1.165) is 0 Å². The first-order valence-corrected chi connectivity index (χ1v) is 3.50. The van der Waals surface area contributed by atoms with Crippen LogP contribution in [0.25, 0.3) is 0 Å². The van der Waals surface area contributed by atoms with Crippen LogP contribution in [0.15, 0.2) is 0 Å². The van der Waals surface area contributed by atoms with Gasteiger partial charge in [0.15, 0.2) is 6.29 Å². The Morgan fingerprint density at radius 2 is 1.70 bits per heavy atom. The highest BCUT2D eigenvalue weighted by Crippen LogP contribution is 2.17. The van der Waals surface area contributed by atoms with Gasteiger partial charge in [-0.05, 0) is 12.8 Å². The Hall–Kier alpha value is -0.160. The Balaban J connectivity index is 2.26. The molecule has 0 bridgehead atoms. The molecule has 4 nitrogen and oxygen atoms in total. The van der Waals surface area contributed by atoms with Gasteiger partial charge < -0.3 is 15.4 Å². The van der Waals surface area contributed by atoms with E-state index >= 15 is 0 Å². The third-order valence-electron chi connectivity index (χ3n) is 1.94. The van der Waals surface area contributed by atoms with Crippen molar-refractivity contribution < 1.29 is 15.4 Å². The summed E-state index contributed by atoms with van der Waals surface area (Å²) >= 11 is 0. The second kappa shape index (κ2) is 3.30. The van der Waals surface area contributed by atoms with Crippen molar-refractivity contribution in [2.75, 3.05) is 13.1 Å². The zero-order valence-corrected chi connectivity index (χ0v) is 5.77. The van der Waals surface area contributed by atoms with E-state index in [1.807, 2.05) is 0 Å². The average Bonchev–Trinajstić information content (AvgIpc) is 1.88. The van der Waals surface area contributed by atoms with Gasteiger partial charge in [-0.2, -0.15) is 5.06 Å². The maximum absolute atomic E-state index is 8.88. The van der Waals surface area contributed by atoms with Crippen molar-refractivity contribution in [2.24, 2.45) is 5.92 Å². The van der Waals surface area contributed by atoms with Gasteiger partial charge in [-0.1, -0.05) is 0 Å². The van der Waals surface area contributed by atoms with Crippen LogP contribution < -0.4 is 0 Å². The molecule has 0 aromatic heterocycles. The summed E-state index contributed by atoms with van der Waals surface area (Å²) in [4.78, 5) is 0. The molecule has 0 aromatic rings. The number of hydrogen-bond donors (Lipinski definition) is 3. The highest BCUT2D eigenvalue weighted by atomic mass is 16.5. The van der Waals surface area contributed by atoms with Crippen LogP contribution in [0.2, 0.25) is 0 Å². The Kier molecular flexibility index (Phi) is 2.62. The van der Waals surface area contributed by atoms with Crippen LogP contribution in [0.1, 0.15) is 12.8 Å². The van der Waals surface area contributed by atoms with Gasteiger partial charge in [0.1, 0.15) is 0 Å². The molecule has 1 aliphatic rings. The van der Waals surface area contributed by atoms with Crippen molar-refractivity contribution >= 4 is 0 Å². The molecule has 1 heterocycles. The molecule has 0 unspecified atom stereocenters. The molecular formula is C6H13NO3. The van der Waals surface area contributed by atoms with Crippen LogP contribution in [0.4, 0.5) is 0 Å². The molecule has 0 saturated carbocycles. The van der Waals surface area contributed by atoms with Crippen LogP contribution in [0, 0.1) is 5.92 Å². The van der Waals surface area contributed by atoms with Gasteiger partial charge in [-0.3, -0.25) is 0 Å². The van der Waals surface area contributed by atoms with Crippen molar-refractivity contribution in [1.29, 1.82) is 0 Å². The van der Waals surface area contributed by atoms with Crippen LogP contribution >= 0.6 is 0 Å². The summed E-state index contributed by atoms with van der Waals surface area (Å²) in [6, 6.07) is 0. The number of piperidine rings is 1. The van der Waals surface area contributed by atoms with Crippen molar-refractivity contribution in [2.45, 2.75) is 19.1 Å². The van der Waals surface area contributed by atoms with E-state index in [4.69, 9.17) is 15.4 Å². The quantitative estimate of drug-likeness (QED) is 0.433. The van der Waals surface area contributed by atoms with Crippen LogP contribution in [-0.2, 0) is 0 Å². The first kappa shape index (κ1) is 7.94. The topological polar surface area (TPSA) is 63.9 Å². The molecule has 1 fully saturated rings. The van der Waals surface area contributed by atoms with E-state index in [2.05, 4.69) is 0 Å². The Bertz CT molecular complexity index is 99.2. The fraction of sp³-hybridized carbons (Fsp3) is 1.00. The van der Waals surface area contributed by atoms with Crippen LogP contribution in [-0.4, -0.2) is 39.9 Å². The molecular weight excluding hydrogens is 134 g/mol. The summed E-state index contributed by atoms with van der Waals surface area (Å²) in [5.74, 6) is -0.0524. The second-order valence-corrected chi connectivity index (χ2v) is 2.70. The van der Waals surface area contributed by atoms with Crippen molar-refractivity contribution in [3.05, 3.63) is 0 Å². The average molecular weight is 147 g/mol. The molecule has 0 radical (unpaired) electrons. The lowest BCUT2D eigenvalue weighted by Gasteiger charge is -2.28. The van der Waals surface area contributed by atoms with Gasteiger partial charge in [0.25, 0.3) is 0 Å². The van der Waals surface area contributed by atoms with E-state index in [-0.39, 0.29) is 5.92 Å². The monoisotopic (exact) mass is 147 g/mol. The predicted octanol–water partition coefficient (Wildman–Crippen LogP) is -0.602. The lowest BCUT2D eigenvalue weighted by Crippen LogP contribution is -2.35. The number of nitrogens with zero attached hydrogens (tertiary/aromatic N) is 1. The zero-order valence-electron chi connectivity index (χ0n) is 5.77. The van der Waals surface area contributed by atoms with Gasteiger partial charge in [-0.15, -0.1) is 0 Å². The minimum atomic E-state index is -1.21. The van der Waals surface area contributed by atoms with E-state index in [1.165, 1.54) is 5.06 Å². The SMILES string of the molecule is OC(O)C1CCN(O)CC1. The summed E-state index contributed by atoms with van der Waals surface area (Å²) in [5.41, 5.74) is 0. The van der Waals surface area contributed by atoms with Crippen molar-refractivity contribution in [3.63, 3.8) is 0 Å². The maximum Gasteiger partial charge on any atom is 0.154 e. The van der Waals surface area contributed by atoms with Crippen molar-refractivity contribution in [1.82, 2.24) is 5.06 Å². The number of aliphatic hydroxyl groups is 2. The lowest BCUT2D eigenvalue weighted by atomic mass is 9.98. The first-order chi connectivity index (χ1) is 4.70. The van der Waals surface area contributed by atoms with E-state index in [1.54, 1.807) is 0 Å². The first-order valence-electron chi connectivity index (χ1n) is 3.50. The van der Waals surface area contributed by atoms with E-state index in [9.17, 15) is 0 Å².